The molecule has 10 nitrogen and oxygen atoms in total. The Hall–Kier alpha value is -1.29. The third-order valence-electron chi connectivity index (χ3n) is 9.79. The van der Waals surface area contributed by atoms with Gasteiger partial charge >= 0.3 is 19.8 Å². The highest BCUT2D eigenvalue weighted by Gasteiger charge is 2.27. The first-order valence-corrected chi connectivity index (χ1v) is 23.7. The van der Waals surface area contributed by atoms with Gasteiger partial charge in [0, 0.05) is 13.0 Å². The van der Waals surface area contributed by atoms with Crippen LogP contribution in [0.4, 0.5) is 0 Å². The van der Waals surface area contributed by atoms with E-state index < -0.39 is 45.1 Å². The van der Waals surface area contributed by atoms with Gasteiger partial charge in [-0.15, -0.1) is 0 Å². The van der Waals surface area contributed by atoms with Gasteiger partial charge in [0.1, 0.15) is 12.1 Å². The lowest BCUT2D eigenvalue weighted by atomic mass is 10.0. The van der Waals surface area contributed by atoms with Crippen LogP contribution in [-0.4, -0.2) is 60.5 Å². The standard InChI is InChI=1S/C43H84NO9P/c1-3-5-7-9-11-13-14-15-16-17-18-19-20-21-22-23-24-25-26-27-28-30-32-34-36-50-37-40(38-51-54(48,49)52-39-41(44)43(46)47)53-42(45)35-33-31-29-12-10-8-6-4-2/h17-18,40-41H,3-16,19-39,44H2,1-2H3,(H,46,47)(H,48,49)/b18-17-. The number of allylic oxidation sites excluding steroid dienone is 2. The molecule has 320 valence electrons. The van der Waals surface area contributed by atoms with Gasteiger partial charge in [-0.3, -0.25) is 18.6 Å². The van der Waals surface area contributed by atoms with Crippen LogP contribution in [0.1, 0.15) is 213 Å². The number of carboxylic acid groups (broad SMARTS) is 1. The van der Waals surface area contributed by atoms with E-state index in [4.69, 9.17) is 29.4 Å². The number of nitrogens with two attached hydrogens (primary N) is 1. The summed E-state index contributed by atoms with van der Waals surface area (Å²) in [6, 6.07) is -1.47. The number of phosphoric acid groups is 1. The molecule has 0 aromatic carbocycles. The number of esters is 1. The fraction of sp³-hybridized carbons (Fsp3) is 0.907. The van der Waals surface area contributed by atoms with Crippen LogP contribution < -0.4 is 5.73 Å². The molecule has 0 aliphatic carbocycles. The maximum absolute atomic E-state index is 12.5. The van der Waals surface area contributed by atoms with Gasteiger partial charge in [-0.25, -0.2) is 4.57 Å². The lowest BCUT2D eigenvalue weighted by Crippen LogP contribution is -2.34. The Balaban J connectivity index is 3.99. The Morgan fingerprint density at radius 3 is 1.41 bits per heavy atom. The SMILES string of the molecule is CCCCCCCCCC/C=C\CCCCCCCCCCCCCCOCC(COP(=O)(O)OCC(N)C(=O)O)OC(=O)CCCCCCCCCC. The monoisotopic (exact) mass is 790 g/mol. The Morgan fingerprint density at radius 1 is 0.574 bits per heavy atom. The molecule has 0 aromatic rings. The zero-order chi connectivity index (χ0) is 39.8. The molecule has 0 saturated carbocycles. The van der Waals surface area contributed by atoms with Gasteiger partial charge in [0.15, 0.2) is 0 Å². The average molecular weight is 790 g/mol. The number of hydrogen-bond acceptors (Lipinski definition) is 8. The normalized spacial score (nSPS) is 14.0. The Labute approximate surface area is 331 Å². The van der Waals surface area contributed by atoms with Crippen molar-refractivity contribution in [1.29, 1.82) is 0 Å². The molecular formula is C43H84NO9P. The van der Waals surface area contributed by atoms with E-state index in [1.807, 2.05) is 0 Å². The molecule has 0 saturated heterocycles. The zero-order valence-corrected chi connectivity index (χ0v) is 35.7. The Bertz CT molecular complexity index is 919. The van der Waals surface area contributed by atoms with Crippen molar-refractivity contribution in [3.05, 3.63) is 12.2 Å². The van der Waals surface area contributed by atoms with Gasteiger partial charge in [0.25, 0.3) is 0 Å². The number of rotatable bonds is 43. The van der Waals surface area contributed by atoms with E-state index in [9.17, 15) is 19.0 Å². The van der Waals surface area contributed by atoms with Crippen LogP contribution in [0.25, 0.3) is 0 Å². The Kier molecular flexibility index (Phi) is 39.0. The van der Waals surface area contributed by atoms with Crippen molar-refractivity contribution in [2.45, 2.75) is 225 Å². The number of phosphoric ester groups is 1. The minimum atomic E-state index is -4.60. The molecular weight excluding hydrogens is 705 g/mol. The molecule has 54 heavy (non-hydrogen) atoms. The topological polar surface area (TPSA) is 155 Å². The van der Waals surface area contributed by atoms with Crippen LogP contribution in [0.5, 0.6) is 0 Å². The number of carbonyl (C=O) groups is 2. The van der Waals surface area contributed by atoms with E-state index in [0.717, 1.165) is 38.5 Å². The minimum Gasteiger partial charge on any atom is -0.480 e. The van der Waals surface area contributed by atoms with Crippen LogP contribution in [0.2, 0.25) is 0 Å². The molecule has 0 amide bonds. The highest BCUT2D eigenvalue weighted by Crippen LogP contribution is 2.43. The molecule has 0 aromatic heterocycles. The summed E-state index contributed by atoms with van der Waals surface area (Å²) in [6.45, 7) is 3.87. The summed E-state index contributed by atoms with van der Waals surface area (Å²) >= 11 is 0. The molecule has 0 rings (SSSR count). The fourth-order valence-electron chi connectivity index (χ4n) is 6.31. The van der Waals surface area contributed by atoms with E-state index in [2.05, 4.69) is 26.0 Å². The maximum Gasteiger partial charge on any atom is 0.472 e. The molecule has 0 bridgehead atoms. The van der Waals surface area contributed by atoms with Crippen molar-refractivity contribution in [2.24, 2.45) is 5.73 Å². The molecule has 0 aliphatic heterocycles. The molecule has 0 spiro atoms. The molecule has 0 aliphatic rings. The van der Waals surface area contributed by atoms with Gasteiger partial charge in [0.2, 0.25) is 0 Å². The second-order valence-corrected chi connectivity index (χ2v) is 16.6. The summed E-state index contributed by atoms with van der Waals surface area (Å²) in [5, 5.41) is 8.87. The predicted molar refractivity (Wildman–Crippen MR) is 222 cm³/mol. The van der Waals surface area contributed by atoms with Crippen LogP contribution in [0.3, 0.4) is 0 Å². The van der Waals surface area contributed by atoms with Crippen molar-refractivity contribution in [2.75, 3.05) is 26.4 Å². The molecule has 0 radical (unpaired) electrons. The van der Waals surface area contributed by atoms with Crippen molar-refractivity contribution in [3.63, 3.8) is 0 Å². The third-order valence-corrected chi connectivity index (χ3v) is 10.7. The highest BCUT2D eigenvalue weighted by molar-refractivity contribution is 7.47. The predicted octanol–water partition coefficient (Wildman–Crippen LogP) is 12.1. The minimum absolute atomic E-state index is 0.0217. The molecule has 0 fully saturated rings. The molecule has 3 unspecified atom stereocenters. The quantitative estimate of drug-likeness (QED) is 0.0235. The van der Waals surface area contributed by atoms with Crippen molar-refractivity contribution < 1.29 is 42.7 Å². The summed E-state index contributed by atoms with van der Waals surface area (Å²) in [5.74, 6) is -1.78. The van der Waals surface area contributed by atoms with E-state index in [1.165, 1.54) is 148 Å². The second kappa shape index (κ2) is 39.9. The largest absolute Gasteiger partial charge is 0.480 e. The van der Waals surface area contributed by atoms with Crippen LogP contribution in [0.15, 0.2) is 12.2 Å². The van der Waals surface area contributed by atoms with Crippen molar-refractivity contribution >= 4 is 19.8 Å². The summed E-state index contributed by atoms with van der Waals surface area (Å²) in [5.41, 5.74) is 5.34. The molecule has 3 atom stereocenters. The first kappa shape index (κ1) is 52.7. The molecule has 11 heteroatoms. The first-order valence-electron chi connectivity index (χ1n) is 22.2. The molecule has 4 N–H and O–H groups in total. The number of unbranched alkanes of at least 4 members (excludes halogenated alkanes) is 27. The highest BCUT2D eigenvalue weighted by atomic mass is 31.2. The maximum atomic E-state index is 12.5. The lowest BCUT2D eigenvalue weighted by Gasteiger charge is -2.20. The third kappa shape index (κ3) is 39.0. The van der Waals surface area contributed by atoms with Crippen molar-refractivity contribution in [1.82, 2.24) is 0 Å². The number of carbonyl (C=O) groups excluding carboxylic acids is 1. The van der Waals surface area contributed by atoms with E-state index in [1.54, 1.807) is 0 Å². The van der Waals surface area contributed by atoms with E-state index in [0.29, 0.717) is 13.0 Å². The molecule has 0 heterocycles. The summed E-state index contributed by atoms with van der Waals surface area (Å²) in [4.78, 5) is 33.3. The number of hydrogen-bond donors (Lipinski definition) is 3. The zero-order valence-electron chi connectivity index (χ0n) is 34.8. The van der Waals surface area contributed by atoms with Crippen molar-refractivity contribution in [3.8, 4) is 0 Å². The fourth-order valence-corrected chi connectivity index (χ4v) is 7.08. The smallest absolute Gasteiger partial charge is 0.472 e. The summed E-state index contributed by atoms with van der Waals surface area (Å²) in [6.07, 6.45) is 41.5. The van der Waals surface area contributed by atoms with Gasteiger partial charge in [-0.05, 0) is 38.5 Å². The van der Waals surface area contributed by atoms with Crippen LogP contribution >= 0.6 is 7.82 Å². The van der Waals surface area contributed by atoms with Gasteiger partial charge in [-0.2, -0.15) is 0 Å². The lowest BCUT2D eigenvalue weighted by molar-refractivity contribution is -0.154. The van der Waals surface area contributed by atoms with E-state index in [-0.39, 0.29) is 13.0 Å². The van der Waals surface area contributed by atoms with Gasteiger partial charge < -0.3 is 25.2 Å². The van der Waals surface area contributed by atoms with Gasteiger partial charge in [-0.1, -0.05) is 180 Å². The van der Waals surface area contributed by atoms with E-state index >= 15 is 0 Å². The Morgan fingerprint density at radius 2 is 0.963 bits per heavy atom. The van der Waals surface area contributed by atoms with Crippen LogP contribution in [-0.2, 0) is 32.7 Å². The first-order chi connectivity index (χ1) is 26.2. The summed E-state index contributed by atoms with van der Waals surface area (Å²) < 4.78 is 33.2. The summed E-state index contributed by atoms with van der Waals surface area (Å²) in [7, 11) is -4.60. The second-order valence-electron chi connectivity index (χ2n) is 15.2. The van der Waals surface area contributed by atoms with Crippen LogP contribution in [0, 0.1) is 0 Å². The van der Waals surface area contributed by atoms with Gasteiger partial charge in [0.05, 0.1) is 19.8 Å². The number of aliphatic carboxylic acids is 1. The average Bonchev–Trinajstić information content (AvgIpc) is 3.15. The number of ether oxygens (including phenoxy) is 2. The number of carboxylic acids is 1.